The maximum Gasteiger partial charge on any atom is 0.138 e. The van der Waals surface area contributed by atoms with Gasteiger partial charge in [-0.3, -0.25) is 0 Å². The van der Waals surface area contributed by atoms with E-state index in [1.165, 1.54) is 5.69 Å². The van der Waals surface area contributed by atoms with Crippen molar-refractivity contribution >= 4 is 22.4 Å². The molecule has 0 amide bonds. The van der Waals surface area contributed by atoms with E-state index in [-0.39, 0.29) is 0 Å². The van der Waals surface area contributed by atoms with Crippen molar-refractivity contribution in [1.29, 1.82) is 0 Å². The first-order valence-electron chi connectivity index (χ1n) is 7.61. The zero-order valence-electron chi connectivity index (χ0n) is 12.3. The van der Waals surface area contributed by atoms with Crippen LogP contribution in [0.2, 0.25) is 0 Å². The molecule has 1 fully saturated rings. The Morgan fingerprint density at radius 3 is 2.55 bits per heavy atom. The second-order valence-corrected chi connectivity index (χ2v) is 5.65. The lowest BCUT2D eigenvalue weighted by atomic mass is 10.1. The molecule has 4 N–H and O–H groups in total. The summed E-state index contributed by atoms with van der Waals surface area (Å²) >= 11 is 0. The first kappa shape index (κ1) is 13.2. The summed E-state index contributed by atoms with van der Waals surface area (Å²) in [6, 6.07) is 14.3. The van der Waals surface area contributed by atoms with Crippen molar-refractivity contribution in [2.45, 2.75) is 0 Å². The molecule has 112 valence electrons. The van der Waals surface area contributed by atoms with Crippen LogP contribution in [0.25, 0.3) is 22.4 Å². The number of anilines is 2. The first-order chi connectivity index (χ1) is 10.8. The number of benzene rings is 2. The number of imidazole rings is 1. The van der Waals surface area contributed by atoms with Crippen molar-refractivity contribution in [3.63, 3.8) is 0 Å². The Bertz CT molecular complexity index is 784. The molecule has 1 aliphatic rings. The van der Waals surface area contributed by atoms with Gasteiger partial charge < -0.3 is 20.9 Å². The smallest absolute Gasteiger partial charge is 0.138 e. The summed E-state index contributed by atoms with van der Waals surface area (Å²) in [5.41, 5.74) is 10.8. The number of hydrogen-bond donors (Lipinski definition) is 3. The van der Waals surface area contributed by atoms with Crippen LogP contribution in [0.15, 0.2) is 42.5 Å². The number of rotatable bonds is 2. The van der Waals surface area contributed by atoms with Crippen LogP contribution in [0.4, 0.5) is 11.4 Å². The number of nitrogens with two attached hydrogens (primary N) is 1. The fourth-order valence-corrected chi connectivity index (χ4v) is 2.91. The van der Waals surface area contributed by atoms with Crippen LogP contribution in [0.1, 0.15) is 0 Å². The number of nitrogen functional groups attached to an aromatic ring is 1. The molecule has 1 aromatic heterocycles. The maximum absolute atomic E-state index is 5.81. The van der Waals surface area contributed by atoms with Gasteiger partial charge in [-0.2, -0.15) is 0 Å². The molecule has 0 unspecified atom stereocenters. The molecule has 3 aromatic rings. The lowest BCUT2D eigenvalue weighted by molar-refractivity contribution is 0.589. The minimum Gasteiger partial charge on any atom is -0.399 e. The molecule has 0 bridgehead atoms. The van der Waals surface area contributed by atoms with Crippen molar-refractivity contribution < 1.29 is 0 Å². The number of H-pyrrole nitrogens is 1. The Kier molecular flexibility index (Phi) is 3.20. The lowest BCUT2D eigenvalue weighted by Crippen LogP contribution is -2.43. The van der Waals surface area contributed by atoms with E-state index in [1.54, 1.807) is 0 Å². The minimum absolute atomic E-state index is 0.736. The average Bonchev–Trinajstić information content (AvgIpc) is 2.99. The summed E-state index contributed by atoms with van der Waals surface area (Å²) in [4.78, 5) is 10.4. The van der Waals surface area contributed by atoms with Crippen LogP contribution >= 0.6 is 0 Å². The number of piperazine rings is 1. The SMILES string of the molecule is Nc1ccc2[nH]c(-c3ccc(N4CCNCC4)cc3)nc2c1. The number of aromatic nitrogens is 2. The van der Waals surface area contributed by atoms with Gasteiger partial charge in [0.2, 0.25) is 0 Å². The van der Waals surface area contributed by atoms with E-state index in [1.807, 2.05) is 18.2 Å². The van der Waals surface area contributed by atoms with Gasteiger partial charge in [0.05, 0.1) is 11.0 Å². The van der Waals surface area contributed by atoms with Crippen molar-refractivity contribution in [3.05, 3.63) is 42.5 Å². The highest BCUT2D eigenvalue weighted by atomic mass is 15.2. The van der Waals surface area contributed by atoms with E-state index in [4.69, 9.17) is 5.73 Å². The van der Waals surface area contributed by atoms with Crippen LogP contribution < -0.4 is 16.0 Å². The Balaban J connectivity index is 1.63. The second-order valence-electron chi connectivity index (χ2n) is 5.65. The molecule has 0 spiro atoms. The third-order valence-corrected chi connectivity index (χ3v) is 4.13. The van der Waals surface area contributed by atoms with Gasteiger partial charge in [0.1, 0.15) is 5.82 Å². The van der Waals surface area contributed by atoms with Gasteiger partial charge in [-0.15, -0.1) is 0 Å². The monoisotopic (exact) mass is 293 g/mol. The molecular weight excluding hydrogens is 274 g/mol. The zero-order valence-corrected chi connectivity index (χ0v) is 12.3. The Hall–Kier alpha value is -2.53. The Morgan fingerprint density at radius 2 is 1.77 bits per heavy atom. The van der Waals surface area contributed by atoms with E-state index in [0.29, 0.717) is 0 Å². The highest BCUT2D eigenvalue weighted by molar-refractivity contribution is 5.82. The molecule has 0 aliphatic carbocycles. The molecular formula is C17H19N5. The molecule has 1 aliphatic heterocycles. The fraction of sp³-hybridized carbons (Fsp3) is 0.235. The first-order valence-corrected chi connectivity index (χ1v) is 7.61. The molecule has 0 saturated carbocycles. The van der Waals surface area contributed by atoms with Crippen molar-refractivity contribution in [1.82, 2.24) is 15.3 Å². The number of nitrogens with one attached hydrogen (secondary N) is 2. The molecule has 2 aromatic carbocycles. The number of aromatic amines is 1. The highest BCUT2D eigenvalue weighted by Gasteiger charge is 2.11. The van der Waals surface area contributed by atoms with Gasteiger partial charge in [0, 0.05) is 43.1 Å². The van der Waals surface area contributed by atoms with Gasteiger partial charge in [-0.1, -0.05) is 0 Å². The minimum atomic E-state index is 0.736. The van der Waals surface area contributed by atoms with E-state index in [9.17, 15) is 0 Å². The van der Waals surface area contributed by atoms with Gasteiger partial charge >= 0.3 is 0 Å². The molecule has 4 rings (SSSR count). The highest BCUT2D eigenvalue weighted by Crippen LogP contribution is 2.24. The third kappa shape index (κ3) is 2.40. The second kappa shape index (κ2) is 5.35. The molecule has 1 saturated heterocycles. The van der Waals surface area contributed by atoms with E-state index in [2.05, 4.69) is 44.5 Å². The lowest BCUT2D eigenvalue weighted by Gasteiger charge is -2.29. The summed E-state index contributed by atoms with van der Waals surface area (Å²) in [5.74, 6) is 0.882. The summed E-state index contributed by atoms with van der Waals surface area (Å²) in [6.45, 7) is 4.21. The molecule has 5 heteroatoms. The number of nitrogens with zero attached hydrogens (tertiary/aromatic N) is 2. The van der Waals surface area contributed by atoms with E-state index < -0.39 is 0 Å². The van der Waals surface area contributed by atoms with Crippen LogP contribution in [0.5, 0.6) is 0 Å². The third-order valence-electron chi connectivity index (χ3n) is 4.13. The van der Waals surface area contributed by atoms with Gasteiger partial charge in [-0.25, -0.2) is 4.98 Å². The van der Waals surface area contributed by atoms with Gasteiger partial charge in [-0.05, 0) is 42.5 Å². The number of hydrogen-bond acceptors (Lipinski definition) is 4. The normalized spacial score (nSPS) is 15.4. The van der Waals surface area contributed by atoms with E-state index >= 15 is 0 Å². The summed E-state index contributed by atoms with van der Waals surface area (Å²) in [6.07, 6.45) is 0. The summed E-state index contributed by atoms with van der Waals surface area (Å²) in [7, 11) is 0. The van der Waals surface area contributed by atoms with Gasteiger partial charge in [0.25, 0.3) is 0 Å². The Labute approximate surface area is 129 Å². The average molecular weight is 293 g/mol. The predicted molar refractivity (Wildman–Crippen MR) is 91.0 cm³/mol. The van der Waals surface area contributed by atoms with Crippen molar-refractivity contribution in [2.24, 2.45) is 0 Å². The summed E-state index contributed by atoms with van der Waals surface area (Å²) < 4.78 is 0. The molecule has 5 nitrogen and oxygen atoms in total. The van der Waals surface area contributed by atoms with Crippen molar-refractivity contribution in [2.75, 3.05) is 36.8 Å². The Morgan fingerprint density at radius 1 is 1.00 bits per heavy atom. The molecule has 22 heavy (non-hydrogen) atoms. The molecule has 0 radical (unpaired) electrons. The quantitative estimate of drug-likeness (QED) is 0.634. The van der Waals surface area contributed by atoms with E-state index in [0.717, 1.165) is 54.3 Å². The topological polar surface area (TPSA) is 70.0 Å². The van der Waals surface area contributed by atoms with Gasteiger partial charge in [0.15, 0.2) is 0 Å². The van der Waals surface area contributed by atoms with Crippen LogP contribution in [-0.2, 0) is 0 Å². The summed E-state index contributed by atoms with van der Waals surface area (Å²) in [5, 5.41) is 3.37. The largest absolute Gasteiger partial charge is 0.399 e. The predicted octanol–water partition coefficient (Wildman–Crippen LogP) is 2.22. The number of fused-ring (bicyclic) bond motifs is 1. The van der Waals surface area contributed by atoms with Crippen LogP contribution in [0, 0.1) is 0 Å². The zero-order chi connectivity index (χ0) is 14.9. The molecule has 2 heterocycles. The van der Waals surface area contributed by atoms with Crippen LogP contribution in [0.3, 0.4) is 0 Å². The fourth-order valence-electron chi connectivity index (χ4n) is 2.91. The maximum atomic E-state index is 5.81. The van der Waals surface area contributed by atoms with Crippen molar-refractivity contribution in [3.8, 4) is 11.4 Å². The van der Waals surface area contributed by atoms with Crippen LogP contribution in [-0.4, -0.2) is 36.1 Å². The standard InChI is InChI=1S/C17H19N5/c18-13-3-6-15-16(11-13)21-17(20-15)12-1-4-14(5-2-12)22-9-7-19-8-10-22/h1-6,11,19H,7-10,18H2,(H,20,21). The molecule has 0 atom stereocenters.